The van der Waals surface area contributed by atoms with Crippen LogP contribution in [0.25, 0.3) is 11.0 Å². The molecule has 0 aliphatic carbocycles. The van der Waals surface area contributed by atoms with Crippen LogP contribution in [0.1, 0.15) is 0 Å². The molecule has 2 rings (SSSR count). The van der Waals surface area contributed by atoms with E-state index in [0.717, 1.165) is 6.33 Å². The Labute approximate surface area is 67.7 Å². The van der Waals surface area contributed by atoms with Crippen molar-refractivity contribution in [1.29, 1.82) is 0 Å². The molecular weight excluding hydrogens is 158 g/mol. The minimum absolute atomic E-state index is 0.141. The molecule has 0 saturated carbocycles. The molecule has 0 aliphatic rings. The summed E-state index contributed by atoms with van der Waals surface area (Å²) in [7, 11) is 0. The Kier molecular flexibility index (Phi) is 1.30. The molecule has 0 amide bonds. The van der Waals surface area contributed by atoms with E-state index < -0.39 is 0 Å². The molecule has 0 saturated heterocycles. The van der Waals surface area contributed by atoms with Crippen LogP contribution < -0.4 is 9.69 Å². The van der Waals surface area contributed by atoms with Gasteiger partial charge in [-0.05, 0) is 11.1 Å². The minimum atomic E-state index is 0.141. The summed E-state index contributed by atoms with van der Waals surface area (Å²) in [6.45, 7) is 0. The summed E-state index contributed by atoms with van der Waals surface area (Å²) < 4.78 is 0. The van der Waals surface area contributed by atoms with Gasteiger partial charge in [-0.1, -0.05) is 12.1 Å². The molecule has 0 radical (unpaired) electrons. The van der Waals surface area contributed by atoms with Crippen molar-refractivity contribution in [1.82, 2.24) is 4.98 Å². The lowest BCUT2D eigenvalue weighted by Crippen LogP contribution is -2.60. The van der Waals surface area contributed by atoms with Gasteiger partial charge in [0.2, 0.25) is 0 Å². The third-order valence-corrected chi connectivity index (χ3v) is 1.56. The van der Waals surface area contributed by atoms with E-state index in [2.05, 4.69) is 4.98 Å². The van der Waals surface area contributed by atoms with Gasteiger partial charge in [-0.25, -0.2) is 0 Å². The summed E-state index contributed by atoms with van der Waals surface area (Å²) in [5, 5.41) is 21.8. The van der Waals surface area contributed by atoms with E-state index in [4.69, 9.17) is 0 Å². The van der Waals surface area contributed by atoms with Crippen LogP contribution in [0, 0.1) is 10.4 Å². The van der Waals surface area contributed by atoms with Crippen molar-refractivity contribution in [2.24, 2.45) is 0 Å². The molecule has 0 N–H and O–H groups in total. The first-order chi connectivity index (χ1) is 5.79. The van der Waals surface area contributed by atoms with Gasteiger partial charge in [0.1, 0.15) is 0 Å². The van der Waals surface area contributed by atoms with Gasteiger partial charge < -0.3 is 10.4 Å². The fourth-order valence-electron chi connectivity index (χ4n) is 1.000. The molecule has 5 heteroatoms. The number of hydrogen-bond acceptors (Lipinski definition) is 3. The zero-order valence-electron chi connectivity index (χ0n) is 6.04. The highest BCUT2D eigenvalue weighted by Crippen LogP contribution is 2.01. The van der Waals surface area contributed by atoms with Crippen LogP contribution >= 0.6 is 0 Å². The average molecular weight is 163 g/mol. The Morgan fingerprint density at radius 1 is 1.17 bits per heavy atom. The fourth-order valence-corrected chi connectivity index (χ4v) is 1.000. The molecule has 12 heavy (non-hydrogen) atoms. The summed E-state index contributed by atoms with van der Waals surface area (Å²) in [6.07, 6.45) is 0.940. The first-order valence-electron chi connectivity index (χ1n) is 3.36. The second-order valence-corrected chi connectivity index (χ2v) is 2.31. The lowest BCUT2D eigenvalue weighted by atomic mass is 10.3. The normalized spacial score (nSPS) is 10.3. The van der Waals surface area contributed by atoms with Gasteiger partial charge in [0.25, 0.3) is 5.52 Å². The van der Waals surface area contributed by atoms with Crippen LogP contribution in [0.4, 0.5) is 0 Å². The van der Waals surface area contributed by atoms with Gasteiger partial charge in [-0.15, -0.1) is 0 Å². The smallest absolute Gasteiger partial charge is 0.349 e. The Hall–Kier alpha value is -1.91. The van der Waals surface area contributed by atoms with Gasteiger partial charge >= 0.3 is 11.8 Å². The highest BCUT2D eigenvalue weighted by Gasteiger charge is 2.10. The largest absolute Gasteiger partial charge is 0.658 e. The van der Waals surface area contributed by atoms with E-state index in [-0.39, 0.29) is 15.2 Å². The van der Waals surface area contributed by atoms with Gasteiger partial charge in [0, 0.05) is 15.8 Å². The van der Waals surface area contributed by atoms with E-state index in [1.165, 1.54) is 0 Å². The standard InChI is InChI=1S/C7H5N3O2/c11-9-5-8-6-3-1-2-4-7(6)10(9)12/h1-5H. The van der Waals surface area contributed by atoms with Crippen molar-refractivity contribution in [2.75, 3.05) is 0 Å². The Morgan fingerprint density at radius 3 is 2.75 bits per heavy atom. The van der Waals surface area contributed by atoms with Crippen LogP contribution in [0.15, 0.2) is 30.6 Å². The Balaban J connectivity index is 2.91. The highest BCUT2D eigenvalue weighted by atomic mass is 16.6. The van der Waals surface area contributed by atoms with Crippen molar-refractivity contribution < 1.29 is 9.69 Å². The number of nitrogens with zero attached hydrogens (tertiary/aromatic N) is 3. The van der Waals surface area contributed by atoms with Crippen LogP contribution in [0.3, 0.4) is 0 Å². The predicted octanol–water partition coefficient (Wildman–Crippen LogP) is -0.498. The van der Waals surface area contributed by atoms with Crippen molar-refractivity contribution in [3.63, 3.8) is 0 Å². The number of rotatable bonds is 0. The number of para-hydroxylation sites is 2. The molecular formula is C7H5N3O2. The molecule has 1 aromatic heterocycles. The number of aromatic nitrogens is 3. The molecule has 1 heterocycles. The monoisotopic (exact) mass is 163 g/mol. The maximum absolute atomic E-state index is 11.1. The zero-order valence-corrected chi connectivity index (χ0v) is 6.04. The minimum Gasteiger partial charge on any atom is -0.658 e. The summed E-state index contributed by atoms with van der Waals surface area (Å²) in [5.41, 5.74) is 0.787. The molecule has 0 fully saturated rings. The quantitative estimate of drug-likeness (QED) is 0.388. The predicted molar refractivity (Wildman–Crippen MR) is 39.7 cm³/mol. The van der Waals surface area contributed by atoms with Crippen LogP contribution in [0.2, 0.25) is 0 Å². The molecule has 5 nitrogen and oxygen atoms in total. The van der Waals surface area contributed by atoms with E-state index in [1.54, 1.807) is 24.3 Å². The second-order valence-electron chi connectivity index (χ2n) is 2.31. The highest BCUT2D eigenvalue weighted by molar-refractivity contribution is 5.69. The third-order valence-electron chi connectivity index (χ3n) is 1.56. The maximum Gasteiger partial charge on any atom is 0.349 e. The summed E-state index contributed by atoms with van der Waals surface area (Å²) >= 11 is 0. The lowest BCUT2D eigenvalue weighted by molar-refractivity contribution is -1.18. The van der Waals surface area contributed by atoms with Crippen LogP contribution in [0.5, 0.6) is 0 Å². The number of hydrogen-bond donors (Lipinski definition) is 0. The first kappa shape index (κ1) is 6.78. The van der Waals surface area contributed by atoms with Gasteiger partial charge in [-0.2, -0.15) is 0 Å². The molecule has 1 aromatic carbocycles. The van der Waals surface area contributed by atoms with Crippen molar-refractivity contribution in [2.45, 2.75) is 0 Å². The Bertz CT molecular complexity index is 430. The van der Waals surface area contributed by atoms with Crippen molar-refractivity contribution in [3.8, 4) is 0 Å². The van der Waals surface area contributed by atoms with E-state index in [1.807, 2.05) is 0 Å². The Morgan fingerprint density at radius 2 is 1.92 bits per heavy atom. The molecule has 0 bridgehead atoms. The van der Waals surface area contributed by atoms with Crippen LogP contribution in [-0.4, -0.2) is 4.98 Å². The third kappa shape index (κ3) is 0.833. The molecule has 2 aromatic rings. The zero-order chi connectivity index (χ0) is 8.55. The number of fused-ring (bicyclic) bond motifs is 1. The molecule has 0 atom stereocenters. The van der Waals surface area contributed by atoms with Crippen LogP contribution in [-0.2, 0) is 0 Å². The molecule has 60 valence electrons. The van der Waals surface area contributed by atoms with Gasteiger partial charge in [-0.3, -0.25) is 0 Å². The second kappa shape index (κ2) is 2.30. The topological polar surface area (TPSA) is 66.8 Å². The molecule has 0 aliphatic heterocycles. The summed E-state index contributed by atoms with van der Waals surface area (Å²) in [4.78, 5) is 4.16. The van der Waals surface area contributed by atoms with E-state index in [9.17, 15) is 10.4 Å². The molecule has 0 spiro atoms. The van der Waals surface area contributed by atoms with E-state index in [0.29, 0.717) is 5.52 Å². The first-order valence-corrected chi connectivity index (χ1v) is 3.36. The van der Waals surface area contributed by atoms with Crippen molar-refractivity contribution in [3.05, 3.63) is 41.0 Å². The summed E-state index contributed by atoms with van der Waals surface area (Å²) in [5.74, 6) is 0. The van der Waals surface area contributed by atoms with Gasteiger partial charge in [0.05, 0.1) is 0 Å². The van der Waals surface area contributed by atoms with Crippen molar-refractivity contribution >= 4 is 11.0 Å². The SMILES string of the molecule is [O-][n+]1cnc2ccccc2[n+]1[O-]. The number of benzene rings is 1. The fraction of sp³-hybridized carbons (Fsp3) is 0. The summed E-state index contributed by atoms with van der Waals surface area (Å²) in [6, 6.07) is 6.65. The van der Waals surface area contributed by atoms with Gasteiger partial charge in [0.15, 0.2) is 0 Å². The maximum atomic E-state index is 11.1. The van der Waals surface area contributed by atoms with E-state index >= 15 is 0 Å². The molecule has 0 unspecified atom stereocenters. The lowest BCUT2D eigenvalue weighted by Gasteiger charge is -2.00. The average Bonchev–Trinajstić information content (AvgIpc) is 2.12.